The van der Waals surface area contributed by atoms with Gasteiger partial charge in [-0.1, -0.05) is 13.3 Å². The van der Waals surface area contributed by atoms with Crippen LogP contribution >= 0.6 is 0 Å². The van der Waals surface area contributed by atoms with Gasteiger partial charge in [0.25, 0.3) is 5.91 Å². The molecular weight excluding hydrogens is 351 g/mol. The number of rotatable bonds is 8. The Balaban J connectivity index is 1.83. The van der Waals surface area contributed by atoms with Gasteiger partial charge in [-0.15, -0.1) is 0 Å². The average Bonchev–Trinajstić information content (AvgIpc) is 2.67. The lowest BCUT2D eigenvalue weighted by Crippen LogP contribution is -2.41. The van der Waals surface area contributed by atoms with Gasteiger partial charge in [-0.25, -0.2) is 9.18 Å². The second kappa shape index (κ2) is 10.1. The quantitative estimate of drug-likeness (QED) is 0.551. The predicted molar refractivity (Wildman–Crippen MR) is 98.2 cm³/mol. The number of ketones is 1. The van der Waals surface area contributed by atoms with Crippen molar-refractivity contribution in [1.29, 1.82) is 0 Å². The van der Waals surface area contributed by atoms with Gasteiger partial charge in [-0.3, -0.25) is 14.9 Å². The van der Waals surface area contributed by atoms with Gasteiger partial charge in [0.15, 0.2) is 12.4 Å². The zero-order valence-corrected chi connectivity index (χ0v) is 15.0. The molecule has 0 aliphatic rings. The number of nitrogens with one attached hydrogen (secondary N) is 2. The highest BCUT2D eigenvalue weighted by Crippen LogP contribution is 2.16. The first-order chi connectivity index (χ1) is 13.0. The number of imide groups is 1. The third-order valence-electron chi connectivity index (χ3n) is 3.66. The Hall–Kier alpha value is -3.22. The number of ether oxygens (including phenoxy) is 1. The van der Waals surface area contributed by atoms with E-state index in [4.69, 9.17) is 4.74 Å². The van der Waals surface area contributed by atoms with E-state index in [2.05, 4.69) is 10.6 Å². The normalized spacial score (nSPS) is 10.1. The first kappa shape index (κ1) is 20.1. The van der Waals surface area contributed by atoms with Crippen LogP contribution in [0.25, 0.3) is 0 Å². The first-order valence-electron chi connectivity index (χ1n) is 8.60. The maximum absolute atomic E-state index is 12.9. The molecule has 2 rings (SSSR count). The number of unbranched alkanes of at least 4 members (excludes halogenated alkanes) is 1. The van der Waals surface area contributed by atoms with Gasteiger partial charge < -0.3 is 10.1 Å². The summed E-state index contributed by atoms with van der Waals surface area (Å²) < 4.78 is 18.2. The van der Waals surface area contributed by atoms with Crippen LogP contribution in [-0.4, -0.2) is 30.9 Å². The van der Waals surface area contributed by atoms with E-state index in [1.807, 2.05) is 6.92 Å². The summed E-state index contributed by atoms with van der Waals surface area (Å²) in [6.07, 6.45) is 1.78. The van der Waals surface area contributed by atoms with Crippen molar-refractivity contribution in [1.82, 2.24) is 10.6 Å². The minimum Gasteiger partial charge on any atom is -0.484 e. The molecule has 0 unspecified atom stereocenters. The summed E-state index contributed by atoms with van der Waals surface area (Å²) in [5.74, 6) is -0.849. The maximum atomic E-state index is 12.9. The van der Waals surface area contributed by atoms with Crippen LogP contribution in [0.3, 0.4) is 0 Å². The molecule has 0 radical (unpaired) electrons. The van der Waals surface area contributed by atoms with E-state index in [1.165, 1.54) is 24.3 Å². The van der Waals surface area contributed by atoms with Crippen LogP contribution in [0.4, 0.5) is 9.18 Å². The number of benzene rings is 2. The molecule has 3 amide bonds. The predicted octanol–water partition coefficient (Wildman–Crippen LogP) is 3.06. The number of urea groups is 1. The number of hydrogen-bond acceptors (Lipinski definition) is 4. The molecule has 6 nitrogen and oxygen atoms in total. The third kappa shape index (κ3) is 6.54. The Kier molecular flexibility index (Phi) is 7.49. The molecular formula is C20H21FN2O4. The van der Waals surface area contributed by atoms with Crippen LogP contribution in [0.1, 0.15) is 35.7 Å². The van der Waals surface area contributed by atoms with Crippen molar-refractivity contribution in [2.75, 3.05) is 13.2 Å². The maximum Gasteiger partial charge on any atom is 0.321 e. The molecule has 0 aromatic heterocycles. The van der Waals surface area contributed by atoms with Crippen molar-refractivity contribution in [3.8, 4) is 5.75 Å². The molecule has 7 heteroatoms. The highest BCUT2D eigenvalue weighted by molar-refractivity contribution is 6.09. The zero-order chi connectivity index (χ0) is 19.6. The average molecular weight is 372 g/mol. The van der Waals surface area contributed by atoms with Crippen LogP contribution in [0.2, 0.25) is 0 Å². The fourth-order valence-corrected chi connectivity index (χ4v) is 2.20. The Morgan fingerprint density at radius 2 is 1.56 bits per heavy atom. The SMILES string of the molecule is CCCCNC(=O)NC(=O)COc1ccc(C(=O)c2ccc(F)cc2)cc1. The van der Waals surface area contributed by atoms with E-state index >= 15 is 0 Å². The fourth-order valence-electron chi connectivity index (χ4n) is 2.20. The van der Waals surface area contributed by atoms with Gasteiger partial charge in [0.1, 0.15) is 11.6 Å². The smallest absolute Gasteiger partial charge is 0.321 e. The lowest BCUT2D eigenvalue weighted by Gasteiger charge is -2.08. The van der Waals surface area contributed by atoms with Crippen molar-refractivity contribution in [2.24, 2.45) is 0 Å². The Morgan fingerprint density at radius 1 is 0.963 bits per heavy atom. The fraction of sp³-hybridized carbons (Fsp3) is 0.250. The highest BCUT2D eigenvalue weighted by atomic mass is 19.1. The number of amides is 3. The Bertz CT molecular complexity index is 789. The monoisotopic (exact) mass is 372 g/mol. The summed E-state index contributed by atoms with van der Waals surface area (Å²) in [5.41, 5.74) is 0.784. The van der Waals surface area contributed by atoms with E-state index in [1.54, 1.807) is 24.3 Å². The molecule has 0 saturated heterocycles. The van der Waals surface area contributed by atoms with Gasteiger partial charge in [0, 0.05) is 17.7 Å². The molecule has 2 aromatic carbocycles. The third-order valence-corrected chi connectivity index (χ3v) is 3.66. The summed E-state index contributed by atoms with van der Waals surface area (Å²) in [4.78, 5) is 35.4. The zero-order valence-electron chi connectivity index (χ0n) is 15.0. The second-order valence-electron chi connectivity index (χ2n) is 5.81. The highest BCUT2D eigenvalue weighted by Gasteiger charge is 2.11. The Morgan fingerprint density at radius 3 is 2.15 bits per heavy atom. The minimum absolute atomic E-state index is 0.247. The number of carbonyl (C=O) groups excluding carboxylic acids is 3. The summed E-state index contributed by atoms with van der Waals surface area (Å²) in [5, 5.41) is 4.73. The van der Waals surface area contributed by atoms with Crippen molar-refractivity contribution in [3.05, 3.63) is 65.5 Å². The molecule has 0 fully saturated rings. The van der Waals surface area contributed by atoms with Gasteiger partial charge >= 0.3 is 6.03 Å². The summed E-state index contributed by atoms with van der Waals surface area (Å²) in [6.45, 7) is 2.17. The van der Waals surface area contributed by atoms with E-state index < -0.39 is 17.8 Å². The summed E-state index contributed by atoms with van der Waals surface area (Å²) in [6, 6.07) is 10.9. The molecule has 142 valence electrons. The molecule has 0 aliphatic heterocycles. The van der Waals surface area contributed by atoms with Crippen LogP contribution < -0.4 is 15.4 Å². The van der Waals surface area contributed by atoms with Crippen LogP contribution in [-0.2, 0) is 4.79 Å². The molecule has 0 saturated carbocycles. The van der Waals surface area contributed by atoms with Crippen molar-refractivity contribution < 1.29 is 23.5 Å². The number of carbonyl (C=O) groups is 3. The van der Waals surface area contributed by atoms with E-state index in [0.29, 0.717) is 23.4 Å². The molecule has 27 heavy (non-hydrogen) atoms. The molecule has 0 heterocycles. The van der Waals surface area contributed by atoms with Gasteiger partial charge in [-0.2, -0.15) is 0 Å². The lowest BCUT2D eigenvalue weighted by molar-refractivity contribution is -0.122. The van der Waals surface area contributed by atoms with E-state index in [-0.39, 0.29) is 12.4 Å². The van der Waals surface area contributed by atoms with Gasteiger partial charge in [-0.05, 0) is 55.0 Å². The Labute approximate surface area is 156 Å². The summed E-state index contributed by atoms with van der Waals surface area (Å²) in [7, 11) is 0. The summed E-state index contributed by atoms with van der Waals surface area (Å²) >= 11 is 0. The molecule has 2 aromatic rings. The lowest BCUT2D eigenvalue weighted by atomic mass is 10.0. The van der Waals surface area contributed by atoms with Crippen molar-refractivity contribution >= 4 is 17.7 Å². The molecule has 0 atom stereocenters. The minimum atomic E-state index is -0.574. The molecule has 2 N–H and O–H groups in total. The largest absolute Gasteiger partial charge is 0.484 e. The number of halogens is 1. The molecule has 0 aliphatic carbocycles. The van der Waals surface area contributed by atoms with Crippen LogP contribution in [0.15, 0.2) is 48.5 Å². The van der Waals surface area contributed by atoms with Crippen molar-refractivity contribution in [3.63, 3.8) is 0 Å². The topological polar surface area (TPSA) is 84.5 Å². The number of hydrogen-bond donors (Lipinski definition) is 2. The standard InChI is InChI=1S/C20H21FN2O4/c1-2-3-12-22-20(26)23-18(24)13-27-17-10-6-15(7-11-17)19(25)14-4-8-16(21)9-5-14/h4-11H,2-3,12-13H2,1H3,(H2,22,23,24,26). The second-order valence-corrected chi connectivity index (χ2v) is 5.81. The molecule has 0 bridgehead atoms. The van der Waals surface area contributed by atoms with E-state index in [9.17, 15) is 18.8 Å². The van der Waals surface area contributed by atoms with Crippen LogP contribution in [0, 0.1) is 5.82 Å². The van der Waals surface area contributed by atoms with Gasteiger partial charge in [0.05, 0.1) is 0 Å². The van der Waals surface area contributed by atoms with Crippen molar-refractivity contribution in [2.45, 2.75) is 19.8 Å². The van der Waals surface area contributed by atoms with Gasteiger partial charge in [0.2, 0.25) is 0 Å². The molecule has 0 spiro atoms. The van der Waals surface area contributed by atoms with E-state index in [0.717, 1.165) is 12.8 Å². The van der Waals surface area contributed by atoms with Crippen LogP contribution in [0.5, 0.6) is 5.75 Å². The first-order valence-corrected chi connectivity index (χ1v) is 8.60.